The Kier molecular flexibility index (Phi) is 2.72. The SMILES string of the molecule is COc1ccc2nc(C3(N)CCOCC3)oc2c1. The monoisotopic (exact) mass is 248 g/mol. The number of benzene rings is 1. The summed E-state index contributed by atoms with van der Waals surface area (Å²) in [7, 11) is 1.63. The summed E-state index contributed by atoms with van der Waals surface area (Å²) in [6.45, 7) is 1.30. The van der Waals surface area contributed by atoms with E-state index >= 15 is 0 Å². The van der Waals surface area contributed by atoms with Crippen LogP contribution in [-0.4, -0.2) is 25.3 Å². The van der Waals surface area contributed by atoms with Crippen molar-refractivity contribution < 1.29 is 13.9 Å². The second-order valence-electron chi connectivity index (χ2n) is 4.62. The molecule has 1 fully saturated rings. The topological polar surface area (TPSA) is 70.5 Å². The van der Waals surface area contributed by atoms with Gasteiger partial charge in [0.1, 0.15) is 11.3 Å². The van der Waals surface area contributed by atoms with Gasteiger partial charge < -0.3 is 19.6 Å². The first-order valence-electron chi connectivity index (χ1n) is 6.03. The van der Waals surface area contributed by atoms with Gasteiger partial charge in [-0.1, -0.05) is 0 Å². The van der Waals surface area contributed by atoms with E-state index in [-0.39, 0.29) is 0 Å². The normalized spacial score (nSPS) is 19.0. The molecule has 0 amide bonds. The summed E-state index contributed by atoms with van der Waals surface area (Å²) in [5.74, 6) is 1.34. The zero-order valence-corrected chi connectivity index (χ0v) is 10.3. The van der Waals surface area contributed by atoms with E-state index in [9.17, 15) is 0 Å². The molecule has 1 aromatic carbocycles. The number of methoxy groups -OCH3 is 1. The summed E-state index contributed by atoms with van der Waals surface area (Å²) < 4.78 is 16.3. The Hall–Kier alpha value is -1.59. The summed E-state index contributed by atoms with van der Waals surface area (Å²) >= 11 is 0. The number of oxazole rings is 1. The van der Waals surface area contributed by atoms with Gasteiger partial charge in [-0.3, -0.25) is 0 Å². The molecule has 0 unspecified atom stereocenters. The van der Waals surface area contributed by atoms with Crippen molar-refractivity contribution in [3.05, 3.63) is 24.1 Å². The van der Waals surface area contributed by atoms with Gasteiger partial charge in [-0.2, -0.15) is 0 Å². The van der Waals surface area contributed by atoms with Gasteiger partial charge in [-0.25, -0.2) is 4.98 Å². The highest BCUT2D eigenvalue weighted by Crippen LogP contribution is 2.32. The van der Waals surface area contributed by atoms with Gasteiger partial charge in [0, 0.05) is 19.3 Å². The van der Waals surface area contributed by atoms with Gasteiger partial charge in [-0.15, -0.1) is 0 Å². The first-order valence-corrected chi connectivity index (χ1v) is 6.03. The maximum atomic E-state index is 6.35. The number of ether oxygens (including phenoxy) is 2. The molecule has 2 N–H and O–H groups in total. The lowest BCUT2D eigenvalue weighted by atomic mass is 9.91. The van der Waals surface area contributed by atoms with Crippen molar-refractivity contribution in [3.8, 4) is 5.75 Å². The quantitative estimate of drug-likeness (QED) is 0.877. The number of hydrogen-bond donors (Lipinski definition) is 1. The number of nitrogens with zero attached hydrogens (tertiary/aromatic N) is 1. The molecule has 1 aliphatic heterocycles. The molecule has 3 rings (SSSR count). The van der Waals surface area contributed by atoms with Crippen molar-refractivity contribution in [3.63, 3.8) is 0 Å². The van der Waals surface area contributed by atoms with E-state index in [0.717, 1.165) is 24.1 Å². The molecule has 2 aromatic rings. The van der Waals surface area contributed by atoms with Crippen molar-refractivity contribution in [2.75, 3.05) is 20.3 Å². The largest absolute Gasteiger partial charge is 0.497 e. The molecule has 5 nitrogen and oxygen atoms in total. The summed E-state index contributed by atoms with van der Waals surface area (Å²) in [6.07, 6.45) is 1.47. The third kappa shape index (κ3) is 1.85. The molecule has 96 valence electrons. The predicted molar refractivity (Wildman–Crippen MR) is 66.5 cm³/mol. The van der Waals surface area contributed by atoms with Crippen molar-refractivity contribution in [1.82, 2.24) is 4.98 Å². The number of fused-ring (bicyclic) bond motifs is 1. The third-order valence-corrected chi connectivity index (χ3v) is 3.41. The average Bonchev–Trinajstić information content (AvgIpc) is 2.83. The molecule has 0 saturated carbocycles. The minimum Gasteiger partial charge on any atom is -0.497 e. The molecular formula is C13H16N2O3. The van der Waals surface area contributed by atoms with Gasteiger partial charge in [0.05, 0.1) is 12.6 Å². The number of hydrogen-bond acceptors (Lipinski definition) is 5. The lowest BCUT2D eigenvalue weighted by Gasteiger charge is -2.29. The minimum absolute atomic E-state index is 0.509. The van der Waals surface area contributed by atoms with Crippen LogP contribution in [0.5, 0.6) is 5.75 Å². The smallest absolute Gasteiger partial charge is 0.215 e. The molecule has 1 aliphatic rings. The summed E-state index contributed by atoms with van der Waals surface area (Å²) in [6, 6.07) is 5.57. The van der Waals surface area contributed by atoms with Crippen LogP contribution < -0.4 is 10.5 Å². The Morgan fingerprint density at radius 2 is 2.11 bits per heavy atom. The Morgan fingerprint density at radius 1 is 1.33 bits per heavy atom. The van der Waals surface area contributed by atoms with Gasteiger partial charge in [0.2, 0.25) is 5.89 Å². The van der Waals surface area contributed by atoms with Gasteiger partial charge in [0.25, 0.3) is 0 Å². The number of aromatic nitrogens is 1. The van der Waals surface area contributed by atoms with Crippen LogP contribution in [0, 0.1) is 0 Å². The molecule has 0 aliphatic carbocycles. The van der Waals surface area contributed by atoms with E-state index in [1.54, 1.807) is 7.11 Å². The lowest BCUT2D eigenvalue weighted by Crippen LogP contribution is -2.42. The summed E-state index contributed by atoms with van der Waals surface area (Å²) in [5.41, 5.74) is 7.35. The number of rotatable bonds is 2. The highest BCUT2D eigenvalue weighted by Gasteiger charge is 2.35. The Morgan fingerprint density at radius 3 is 2.83 bits per heavy atom. The summed E-state index contributed by atoms with van der Waals surface area (Å²) in [5, 5.41) is 0. The van der Waals surface area contributed by atoms with E-state index in [1.807, 2.05) is 18.2 Å². The van der Waals surface area contributed by atoms with Gasteiger partial charge >= 0.3 is 0 Å². The van der Waals surface area contributed by atoms with Crippen LogP contribution in [0.1, 0.15) is 18.7 Å². The maximum absolute atomic E-state index is 6.35. The van der Waals surface area contributed by atoms with Crippen LogP contribution in [0.15, 0.2) is 22.6 Å². The molecule has 18 heavy (non-hydrogen) atoms. The Labute approximate surface area is 105 Å². The van der Waals surface area contributed by atoms with Crippen molar-refractivity contribution in [2.24, 2.45) is 5.73 Å². The first-order chi connectivity index (χ1) is 8.71. The third-order valence-electron chi connectivity index (χ3n) is 3.41. The summed E-state index contributed by atoms with van der Waals surface area (Å²) in [4.78, 5) is 4.48. The fourth-order valence-corrected chi connectivity index (χ4v) is 2.19. The van der Waals surface area contributed by atoms with Gasteiger partial charge in [0.15, 0.2) is 5.58 Å². The van der Waals surface area contributed by atoms with E-state index in [0.29, 0.717) is 24.7 Å². The fraction of sp³-hybridized carbons (Fsp3) is 0.462. The molecular weight excluding hydrogens is 232 g/mol. The molecule has 0 atom stereocenters. The van der Waals surface area contributed by atoms with Crippen LogP contribution >= 0.6 is 0 Å². The second kappa shape index (κ2) is 4.26. The zero-order chi connectivity index (χ0) is 12.6. The van der Waals surface area contributed by atoms with E-state index in [1.165, 1.54) is 0 Å². The van der Waals surface area contributed by atoms with Crippen LogP contribution in [0.3, 0.4) is 0 Å². The zero-order valence-electron chi connectivity index (χ0n) is 10.3. The maximum Gasteiger partial charge on any atom is 0.215 e. The van der Waals surface area contributed by atoms with Crippen molar-refractivity contribution >= 4 is 11.1 Å². The molecule has 1 aromatic heterocycles. The Balaban J connectivity index is 2.02. The average molecular weight is 248 g/mol. The highest BCUT2D eigenvalue weighted by molar-refractivity contribution is 5.74. The molecule has 2 heterocycles. The number of nitrogens with two attached hydrogens (primary N) is 1. The first kappa shape index (κ1) is 11.5. The predicted octanol–water partition coefficient (Wildman–Crippen LogP) is 1.80. The molecule has 5 heteroatoms. The standard InChI is InChI=1S/C13H16N2O3/c1-16-9-2-3-10-11(8-9)18-12(15-10)13(14)4-6-17-7-5-13/h2-3,8H,4-7,14H2,1H3. The van der Waals surface area contributed by atoms with E-state index in [4.69, 9.17) is 19.6 Å². The van der Waals surface area contributed by atoms with Crippen LogP contribution in [0.2, 0.25) is 0 Å². The minimum atomic E-state index is -0.509. The van der Waals surface area contributed by atoms with E-state index < -0.39 is 5.54 Å². The molecule has 0 bridgehead atoms. The Bertz CT molecular complexity index is 558. The van der Waals surface area contributed by atoms with Crippen LogP contribution in [-0.2, 0) is 10.3 Å². The van der Waals surface area contributed by atoms with Crippen LogP contribution in [0.4, 0.5) is 0 Å². The van der Waals surface area contributed by atoms with Crippen molar-refractivity contribution in [1.29, 1.82) is 0 Å². The second-order valence-corrected chi connectivity index (χ2v) is 4.62. The fourth-order valence-electron chi connectivity index (χ4n) is 2.19. The van der Waals surface area contributed by atoms with Gasteiger partial charge in [-0.05, 0) is 25.0 Å². The van der Waals surface area contributed by atoms with E-state index in [2.05, 4.69) is 4.98 Å². The molecule has 0 radical (unpaired) electrons. The lowest BCUT2D eigenvalue weighted by molar-refractivity contribution is 0.0429. The molecule has 1 saturated heterocycles. The van der Waals surface area contributed by atoms with Crippen LogP contribution in [0.25, 0.3) is 11.1 Å². The highest BCUT2D eigenvalue weighted by atomic mass is 16.5. The molecule has 0 spiro atoms. The van der Waals surface area contributed by atoms with Crippen molar-refractivity contribution in [2.45, 2.75) is 18.4 Å².